The Bertz CT molecular complexity index is 387. The molecule has 2 rings (SSSR count). The molecule has 16 heavy (non-hydrogen) atoms. The first-order valence-electron chi connectivity index (χ1n) is 5.67. The van der Waals surface area contributed by atoms with Crippen LogP contribution in [0.5, 0.6) is 0 Å². The van der Waals surface area contributed by atoms with Crippen LogP contribution in [0.15, 0.2) is 28.7 Å². The van der Waals surface area contributed by atoms with Gasteiger partial charge in [-0.2, -0.15) is 0 Å². The molecule has 3 heteroatoms. The first kappa shape index (κ1) is 11.8. The minimum Gasteiger partial charge on any atom is -0.327 e. The van der Waals surface area contributed by atoms with Crippen LogP contribution in [0.25, 0.3) is 0 Å². The van der Waals surface area contributed by atoms with Gasteiger partial charge >= 0.3 is 0 Å². The lowest BCUT2D eigenvalue weighted by Crippen LogP contribution is -2.26. The van der Waals surface area contributed by atoms with E-state index in [0.29, 0.717) is 18.8 Å². The van der Waals surface area contributed by atoms with E-state index < -0.39 is 0 Å². The molecule has 1 aromatic rings. The summed E-state index contributed by atoms with van der Waals surface area (Å²) in [6.07, 6.45) is 3.40. The van der Waals surface area contributed by atoms with Gasteiger partial charge in [-0.1, -0.05) is 34.1 Å². The topological polar surface area (TPSA) is 43.1 Å². The molecular weight excluding hydrogens is 266 g/mol. The molecule has 0 aromatic heterocycles. The molecule has 1 aliphatic carbocycles. The zero-order valence-electron chi connectivity index (χ0n) is 9.16. The maximum absolute atomic E-state index is 11.8. The Morgan fingerprint density at radius 3 is 2.75 bits per heavy atom. The van der Waals surface area contributed by atoms with Crippen molar-refractivity contribution in [2.75, 3.05) is 0 Å². The second-order valence-electron chi connectivity index (χ2n) is 4.51. The molecule has 1 atom stereocenters. The summed E-state index contributed by atoms with van der Waals surface area (Å²) < 4.78 is 1.00. The molecule has 2 nitrogen and oxygen atoms in total. The van der Waals surface area contributed by atoms with Crippen molar-refractivity contribution in [3.8, 4) is 0 Å². The van der Waals surface area contributed by atoms with Crippen LogP contribution in [-0.4, -0.2) is 11.8 Å². The highest BCUT2D eigenvalue weighted by Crippen LogP contribution is 2.33. The van der Waals surface area contributed by atoms with Gasteiger partial charge in [0.2, 0.25) is 0 Å². The summed E-state index contributed by atoms with van der Waals surface area (Å²) in [6.45, 7) is 0. The zero-order chi connectivity index (χ0) is 11.5. The average Bonchev–Trinajstić information content (AvgIpc) is 3.04. The lowest BCUT2D eigenvalue weighted by atomic mass is 10.0. The van der Waals surface area contributed by atoms with E-state index in [1.807, 2.05) is 24.3 Å². The molecule has 0 bridgehead atoms. The van der Waals surface area contributed by atoms with E-state index in [1.54, 1.807) is 0 Å². The van der Waals surface area contributed by atoms with Crippen LogP contribution in [0.3, 0.4) is 0 Å². The highest BCUT2D eigenvalue weighted by Gasteiger charge is 2.29. The summed E-state index contributed by atoms with van der Waals surface area (Å²) in [4.78, 5) is 11.8. The summed E-state index contributed by atoms with van der Waals surface area (Å²) in [5.74, 6) is 0.842. The van der Waals surface area contributed by atoms with Crippen LogP contribution < -0.4 is 5.73 Å². The molecule has 1 aromatic carbocycles. The highest BCUT2D eigenvalue weighted by molar-refractivity contribution is 9.10. The predicted molar refractivity (Wildman–Crippen MR) is 68.2 cm³/mol. The van der Waals surface area contributed by atoms with E-state index in [9.17, 15) is 4.79 Å². The Labute approximate surface area is 104 Å². The van der Waals surface area contributed by atoms with Gasteiger partial charge in [0.05, 0.1) is 0 Å². The van der Waals surface area contributed by atoms with Gasteiger partial charge in [0, 0.05) is 23.4 Å². The van der Waals surface area contributed by atoms with E-state index in [4.69, 9.17) is 5.73 Å². The van der Waals surface area contributed by atoms with Crippen molar-refractivity contribution in [2.24, 2.45) is 11.7 Å². The fourth-order valence-corrected chi connectivity index (χ4v) is 2.31. The van der Waals surface area contributed by atoms with Gasteiger partial charge in [-0.05, 0) is 30.4 Å². The molecule has 86 valence electrons. The van der Waals surface area contributed by atoms with Gasteiger partial charge in [-0.25, -0.2) is 0 Å². The first-order chi connectivity index (χ1) is 7.66. The van der Waals surface area contributed by atoms with E-state index in [2.05, 4.69) is 15.9 Å². The maximum atomic E-state index is 11.8. The SMILES string of the molecule is NC(CC(=O)Cc1ccccc1Br)C1CC1. The Morgan fingerprint density at radius 1 is 1.44 bits per heavy atom. The van der Waals surface area contributed by atoms with E-state index >= 15 is 0 Å². The van der Waals surface area contributed by atoms with Crippen molar-refractivity contribution in [3.05, 3.63) is 34.3 Å². The highest BCUT2D eigenvalue weighted by atomic mass is 79.9. The van der Waals surface area contributed by atoms with Crippen LogP contribution in [0, 0.1) is 5.92 Å². The summed E-state index contributed by atoms with van der Waals surface area (Å²) in [5.41, 5.74) is 6.99. The number of benzene rings is 1. The van der Waals surface area contributed by atoms with Gasteiger partial charge in [-0.3, -0.25) is 4.79 Å². The Hall–Kier alpha value is -0.670. The number of Topliss-reactive ketones (excluding diaryl/α,β-unsaturated/α-hetero) is 1. The molecule has 1 saturated carbocycles. The molecule has 1 aliphatic rings. The lowest BCUT2D eigenvalue weighted by Gasteiger charge is -2.09. The summed E-state index contributed by atoms with van der Waals surface area (Å²) >= 11 is 3.45. The molecule has 0 heterocycles. The molecule has 1 unspecified atom stereocenters. The number of hydrogen-bond acceptors (Lipinski definition) is 2. The fraction of sp³-hybridized carbons (Fsp3) is 0.462. The second-order valence-corrected chi connectivity index (χ2v) is 5.37. The number of rotatable bonds is 5. The summed E-state index contributed by atoms with van der Waals surface area (Å²) in [7, 11) is 0. The largest absolute Gasteiger partial charge is 0.327 e. The van der Waals surface area contributed by atoms with E-state index in [1.165, 1.54) is 12.8 Å². The zero-order valence-corrected chi connectivity index (χ0v) is 10.7. The van der Waals surface area contributed by atoms with Crippen molar-refractivity contribution < 1.29 is 4.79 Å². The number of halogens is 1. The van der Waals surface area contributed by atoms with Gasteiger partial charge in [0.15, 0.2) is 0 Å². The molecule has 0 aliphatic heterocycles. The molecule has 0 amide bonds. The van der Waals surface area contributed by atoms with Crippen LogP contribution in [0.4, 0.5) is 0 Å². The molecular formula is C13H16BrNO. The van der Waals surface area contributed by atoms with Gasteiger partial charge in [0.25, 0.3) is 0 Å². The van der Waals surface area contributed by atoms with Crippen molar-refractivity contribution in [2.45, 2.75) is 31.7 Å². The molecule has 2 N–H and O–H groups in total. The number of nitrogens with two attached hydrogens (primary N) is 1. The van der Waals surface area contributed by atoms with Crippen molar-refractivity contribution in [3.63, 3.8) is 0 Å². The molecule has 0 radical (unpaired) electrons. The quantitative estimate of drug-likeness (QED) is 0.902. The van der Waals surface area contributed by atoms with Gasteiger partial charge in [-0.15, -0.1) is 0 Å². The molecule has 0 saturated heterocycles. The summed E-state index contributed by atoms with van der Waals surface area (Å²) in [5, 5.41) is 0. The van der Waals surface area contributed by atoms with Crippen LogP contribution >= 0.6 is 15.9 Å². The Balaban J connectivity index is 1.89. The fourth-order valence-electron chi connectivity index (χ4n) is 1.88. The number of carbonyl (C=O) groups is 1. The van der Waals surface area contributed by atoms with Crippen LogP contribution in [-0.2, 0) is 11.2 Å². The Morgan fingerprint density at radius 2 is 2.12 bits per heavy atom. The van der Waals surface area contributed by atoms with Crippen molar-refractivity contribution in [1.29, 1.82) is 0 Å². The second kappa shape index (κ2) is 5.11. The third-order valence-corrected chi connectivity index (χ3v) is 3.81. The predicted octanol–water partition coefficient (Wildman–Crippen LogP) is 2.69. The summed E-state index contributed by atoms with van der Waals surface area (Å²) in [6, 6.07) is 7.92. The van der Waals surface area contributed by atoms with Crippen molar-refractivity contribution in [1.82, 2.24) is 0 Å². The van der Waals surface area contributed by atoms with Crippen LogP contribution in [0.1, 0.15) is 24.8 Å². The normalized spacial score (nSPS) is 17.1. The maximum Gasteiger partial charge on any atom is 0.138 e. The third kappa shape index (κ3) is 3.16. The lowest BCUT2D eigenvalue weighted by molar-refractivity contribution is -0.118. The molecule has 0 spiro atoms. The first-order valence-corrected chi connectivity index (χ1v) is 6.47. The average molecular weight is 282 g/mol. The van der Waals surface area contributed by atoms with Crippen LogP contribution in [0.2, 0.25) is 0 Å². The molecule has 1 fully saturated rings. The third-order valence-electron chi connectivity index (χ3n) is 3.04. The standard InChI is InChI=1S/C13H16BrNO/c14-12-4-2-1-3-10(12)7-11(16)8-13(15)9-5-6-9/h1-4,9,13H,5-8,15H2. The van der Waals surface area contributed by atoms with Crippen molar-refractivity contribution >= 4 is 21.7 Å². The minimum absolute atomic E-state index is 0.0787. The van der Waals surface area contributed by atoms with E-state index in [-0.39, 0.29) is 11.8 Å². The Kier molecular flexibility index (Phi) is 3.77. The van der Waals surface area contributed by atoms with Gasteiger partial charge < -0.3 is 5.73 Å². The number of ketones is 1. The monoisotopic (exact) mass is 281 g/mol. The smallest absolute Gasteiger partial charge is 0.138 e. The number of hydrogen-bond donors (Lipinski definition) is 1. The van der Waals surface area contributed by atoms with E-state index in [0.717, 1.165) is 10.0 Å². The van der Waals surface area contributed by atoms with Gasteiger partial charge in [0.1, 0.15) is 5.78 Å². The number of carbonyl (C=O) groups excluding carboxylic acids is 1. The minimum atomic E-state index is 0.0787.